The summed E-state index contributed by atoms with van der Waals surface area (Å²) in [6, 6.07) is 27.5. The number of phenolic OH excluding ortho intramolecular Hbond substituents is 2. The number of fused-ring (bicyclic) bond motifs is 2. The Balaban J connectivity index is 1.53. The van der Waals surface area contributed by atoms with Crippen LogP contribution in [0.4, 0.5) is 0 Å². The van der Waals surface area contributed by atoms with Gasteiger partial charge in [0.05, 0.1) is 13.2 Å². The average Bonchev–Trinajstić information content (AvgIpc) is 3.01. The largest absolute Gasteiger partial charge is 0.507 e. The van der Waals surface area contributed by atoms with Crippen molar-refractivity contribution in [3.8, 4) is 45.3 Å². The quantitative estimate of drug-likeness (QED) is 0.132. The number of hydrogen-bond donors (Lipinski definition) is 2. The zero-order valence-electron chi connectivity index (χ0n) is 24.9. The Morgan fingerprint density at radius 3 is 1.90 bits per heavy atom. The number of benzene rings is 5. The summed E-state index contributed by atoms with van der Waals surface area (Å²) < 4.78 is 12.5. The molecule has 0 amide bonds. The fourth-order valence-electron chi connectivity index (χ4n) is 5.65. The van der Waals surface area contributed by atoms with E-state index in [0.29, 0.717) is 24.3 Å². The number of phenols is 2. The SMILES string of the molecule is CCCCCCOc1ccc(OCCCCCC)c(-c2ccc3c(-c4c(O)ccc5ccccc45)c(O)ccc3c2)c1. The van der Waals surface area contributed by atoms with Gasteiger partial charge in [-0.2, -0.15) is 0 Å². The fraction of sp³-hybridized carbons (Fsp3) is 0.316. The van der Waals surface area contributed by atoms with Gasteiger partial charge in [-0.3, -0.25) is 0 Å². The van der Waals surface area contributed by atoms with Crippen molar-refractivity contribution in [3.05, 3.63) is 84.9 Å². The Labute approximate surface area is 249 Å². The van der Waals surface area contributed by atoms with E-state index in [4.69, 9.17) is 9.47 Å². The average molecular weight is 563 g/mol. The second-order valence-corrected chi connectivity index (χ2v) is 11.1. The van der Waals surface area contributed by atoms with E-state index >= 15 is 0 Å². The van der Waals surface area contributed by atoms with E-state index in [1.807, 2.05) is 54.6 Å². The normalized spacial score (nSPS) is 11.3. The van der Waals surface area contributed by atoms with E-state index in [9.17, 15) is 10.2 Å². The molecular weight excluding hydrogens is 520 g/mol. The van der Waals surface area contributed by atoms with Crippen LogP contribution in [0.3, 0.4) is 0 Å². The summed E-state index contributed by atoms with van der Waals surface area (Å²) in [4.78, 5) is 0. The zero-order valence-corrected chi connectivity index (χ0v) is 24.9. The van der Waals surface area contributed by atoms with Crippen LogP contribution in [-0.4, -0.2) is 23.4 Å². The first-order chi connectivity index (χ1) is 20.6. The summed E-state index contributed by atoms with van der Waals surface area (Å²) >= 11 is 0. The molecule has 0 radical (unpaired) electrons. The molecular formula is C38H42O4. The molecule has 5 aromatic carbocycles. The maximum absolute atomic E-state index is 11.1. The first-order valence-corrected chi connectivity index (χ1v) is 15.5. The molecule has 5 rings (SSSR count). The Kier molecular flexibility index (Phi) is 9.86. The smallest absolute Gasteiger partial charge is 0.127 e. The predicted octanol–water partition coefficient (Wildman–Crippen LogP) is 10.7. The molecule has 0 fully saturated rings. The van der Waals surface area contributed by atoms with Crippen molar-refractivity contribution in [2.45, 2.75) is 65.2 Å². The second kappa shape index (κ2) is 14.1. The topological polar surface area (TPSA) is 58.9 Å². The zero-order chi connectivity index (χ0) is 29.3. The summed E-state index contributed by atoms with van der Waals surface area (Å²) in [5.41, 5.74) is 3.27. The molecule has 5 aromatic rings. The lowest BCUT2D eigenvalue weighted by Crippen LogP contribution is -2.01. The van der Waals surface area contributed by atoms with Crippen LogP contribution in [0.25, 0.3) is 43.8 Å². The van der Waals surface area contributed by atoms with Crippen LogP contribution in [0.5, 0.6) is 23.0 Å². The van der Waals surface area contributed by atoms with E-state index in [-0.39, 0.29) is 11.5 Å². The summed E-state index contributed by atoms with van der Waals surface area (Å²) in [5.74, 6) is 1.96. The van der Waals surface area contributed by atoms with Gasteiger partial charge in [0, 0.05) is 16.7 Å². The molecule has 42 heavy (non-hydrogen) atoms. The maximum Gasteiger partial charge on any atom is 0.127 e. The van der Waals surface area contributed by atoms with Gasteiger partial charge in [0.15, 0.2) is 0 Å². The van der Waals surface area contributed by atoms with Crippen molar-refractivity contribution in [2.75, 3.05) is 13.2 Å². The number of ether oxygens (including phenoxy) is 2. The van der Waals surface area contributed by atoms with Crippen molar-refractivity contribution >= 4 is 21.5 Å². The summed E-state index contributed by atoms with van der Waals surface area (Å²) in [6.07, 6.45) is 9.25. The van der Waals surface area contributed by atoms with E-state index in [1.165, 1.54) is 32.1 Å². The van der Waals surface area contributed by atoms with Crippen LogP contribution in [-0.2, 0) is 0 Å². The monoisotopic (exact) mass is 562 g/mol. The molecule has 2 N–H and O–H groups in total. The van der Waals surface area contributed by atoms with Crippen molar-refractivity contribution in [3.63, 3.8) is 0 Å². The van der Waals surface area contributed by atoms with Gasteiger partial charge in [-0.15, -0.1) is 0 Å². The van der Waals surface area contributed by atoms with E-state index in [0.717, 1.165) is 63.4 Å². The van der Waals surface area contributed by atoms with Crippen LogP contribution in [0.15, 0.2) is 84.9 Å². The van der Waals surface area contributed by atoms with E-state index in [2.05, 4.69) is 32.0 Å². The molecule has 0 aliphatic heterocycles. The summed E-state index contributed by atoms with van der Waals surface area (Å²) in [5, 5.41) is 25.8. The molecule has 0 aliphatic carbocycles. The predicted molar refractivity (Wildman–Crippen MR) is 175 cm³/mol. The van der Waals surface area contributed by atoms with E-state index in [1.54, 1.807) is 12.1 Å². The van der Waals surface area contributed by atoms with Gasteiger partial charge in [-0.25, -0.2) is 0 Å². The fourth-order valence-corrected chi connectivity index (χ4v) is 5.65. The van der Waals surface area contributed by atoms with Crippen molar-refractivity contribution in [1.29, 1.82) is 0 Å². The summed E-state index contributed by atoms with van der Waals surface area (Å²) in [7, 11) is 0. The molecule has 4 heteroatoms. The van der Waals surface area contributed by atoms with Gasteiger partial charge in [0.1, 0.15) is 23.0 Å². The Bertz CT molecular complexity index is 1640. The van der Waals surface area contributed by atoms with Crippen LogP contribution >= 0.6 is 0 Å². The lowest BCUT2D eigenvalue weighted by atomic mass is 9.91. The van der Waals surface area contributed by atoms with Crippen molar-refractivity contribution in [2.24, 2.45) is 0 Å². The minimum Gasteiger partial charge on any atom is -0.507 e. The van der Waals surface area contributed by atoms with Gasteiger partial charge < -0.3 is 19.7 Å². The lowest BCUT2D eigenvalue weighted by molar-refractivity contribution is 0.298. The minimum atomic E-state index is 0.136. The highest BCUT2D eigenvalue weighted by molar-refractivity contribution is 6.10. The number of hydrogen-bond acceptors (Lipinski definition) is 4. The third kappa shape index (κ3) is 6.65. The second-order valence-electron chi connectivity index (χ2n) is 11.1. The van der Waals surface area contributed by atoms with Gasteiger partial charge in [0.25, 0.3) is 0 Å². The molecule has 4 nitrogen and oxygen atoms in total. The molecule has 0 atom stereocenters. The van der Waals surface area contributed by atoms with Gasteiger partial charge in [-0.05, 0) is 76.3 Å². The highest BCUT2D eigenvalue weighted by Gasteiger charge is 2.18. The first kappa shape index (κ1) is 29.3. The van der Waals surface area contributed by atoms with E-state index < -0.39 is 0 Å². The third-order valence-electron chi connectivity index (χ3n) is 7.94. The molecule has 0 saturated heterocycles. The van der Waals surface area contributed by atoms with Gasteiger partial charge >= 0.3 is 0 Å². The van der Waals surface area contributed by atoms with Gasteiger partial charge in [-0.1, -0.05) is 101 Å². The number of unbranched alkanes of at least 4 members (excludes halogenated alkanes) is 6. The molecule has 218 valence electrons. The van der Waals surface area contributed by atoms with Crippen molar-refractivity contribution < 1.29 is 19.7 Å². The molecule has 0 unspecified atom stereocenters. The Morgan fingerprint density at radius 1 is 0.548 bits per heavy atom. The molecule has 0 aliphatic rings. The Morgan fingerprint density at radius 2 is 1.19 bits per heavy atom. The van der Waals surface area contributed by atoms with Crippen LogP contribution < -0.4 is 9.47 Å². The first-order valence-electron chi connectivity index (χ1n) is 15.5. The lowest BCUT2D eigenvalue weighted by Gasteiger charge is -2.17. The molecule has 0 bridgehead atoms. The molecule has 0 spiro atoms. The van der Waals surface area contributed by atoms with Crippen LogP contribution in [0, 0.1) is 0 Å². The molecule has 0 heterocycles. The minimum absolute atomic E-state index is 0.136. The number of rotatable bonds is 14. The highest BCUT2D eigenvalue weighted by Crippen LogP contribution is 2.45. The van der Waals surface area contributed by atoms with Gasteiger partial charge in [0.2, 0.25) is 0 Å². The number of aromatic hydroxyl groups is 2. The third-order valence-corrected chi connectivity index (χ3v) is 7.94. The van der Waals surface area contributed by atoms with Crippen LogP contribution in [0.1, 0.15) is 65.2 Å². The highest BCUT2D eigenvalue weighted by atomic mass is 16.5. The Hall–Kier alpha value is -4.18. The maximum atomic E-state index is 11.1. The van der Waals surface area contributed by atoms with Crippen LogP contribution in [0.2, 0.25) is 0 Å². The van der Waals surface area contributed by atoms with Crippen molar-refractivity contribution in [1.82, 2.24) is 0 Å². The standard InChI is InChI=1S/C38H42O4/c1-3-5-7-11-23-41-30-18-22-36(42-24-12-8-6-4-2)33(26-30)29-15-19-32-28(25-29)17-21-35(40)38(32)37-31-14-10-9-13-27(31)16-20-34(37)39/h9-10,13-22,25-26,39-40H,3-8,11-12,23-24H2,1-2H3. The summed E-state index contributed by atoms with van der Waals surface area (Å²) in [6.45, 7) is 5.81. The molecule has 0 aromatic heterocycles. The molecule has 0 saturated carbocycles.